The van der Waals surface area contributed by atoms with E-state index in [1.807, 2.05) is 0 Å². The highest BCUT2D eigenvalue weighted by molar-refractivity contribution is 6.02. The van der Waals surface area contributed by atoms with E-state index in [1.54, 1.807) is 32.2 Å². The van der Waals surface area contributed by atoms with Gasteiger partial charge in [0.15, 0.2) is 0 Å². The molecule has 0 aromatic heterocycles. The molecular weight excluding hydrogens is 288 g/mol. The summed E-state index contributed by atoms with van der Waals surface area (Å²) in [4.78, 5) is 23.4. The van der Waals surface area contributed by atoms with Gasteiger partial charge in [-0.05, 0) is 19.1 Å². The average Bonchev–Trinajstić information content (AvgIpc) is 2.54. The summed E-state index contributed by atoms with van der Waals surface area (Å²) >= 11 is 0. The maximum Gasteiger partial charge on any atom is 0.332 e. The fourth-order valence-electron chi connectivity index (χ4n) is 1.64. The van der Waals surface area contributed by atoms with E-state index in [0.29, 0.717) is 23.7 Å². The minimum Gasteiger partial charge on any atom is -0.497 e. The Morgan fingerprint density at radius 2 is 1.91 bits per heavy atom. The Labute approximate surface area is 129 Å². The number of hydrogen-bond donors (Lipinski definition) is 2. The van der Waals surface area contributed by atoms with Crippen molar-refractivity contribution in [2.45, 2.75) is 6.92 Å². The summed E-state index contributed by atoms with van der Waals surface area (Å²) in [5, 5.41) is 5.48. The Bertz CT molecular complexity index is 569. The van der Waals surface area contributed by atoms with Gasteiger partial charge < -0.3 is 24.8 Å². The maximum atomic E-state index is 12.0. The summed E-state index contributed by atoms with van der Waals surface area (Å²) in [7, 11) is 4.27. The van der Waals surface area contributed by atoms with Gasteiger partial charge in [-0.15, -0.1) is 0 Å². The number of benzene rings is 1. The molecule has 0 aliphatic carbocycles. The van der Waals surface area contributed by atoms with Gasteiger partial charge in [0.25, 0.3) is 5.91 Å². The molecule has 0 spiro atoms. The van der Waals surface area contributed by atoms with Gasteiger partial charge in [0, 0.05) is 12.6 Å². The largest absolute Gasteiger partial charge is 0.497 e. The van der Waals surface area contributed by atoms with Crippen LogP contribution >= 0.6 is 0 Å². The molecule has 7 nitrogen and oxygen atoms in total. The third-order valence-electron chi connectivity index (χ3n) is 2.72. The third-order valence-corrected chi connectivity index (χ3v) is 2.72. The van der Waals surface area contributed by atoms with Crippen molar-refractivity contribution in [1.29, 1.82) is 0 Å². The Morgan fingerprint density at radius 3 is 2.45 bits per heavy atom. The number of hydrogen-bond acceptors (Lipinski definition) is 6. The predicted molar refractivity (Wildman–Crippen MR) is 82.0 cm³/mol. The molecule has 1 rings (SSSR count). The van der Waals surface area contributed by atoms with E-state index in [4.69, 9.17) is 9.47 Å². The highest BCUT2D eigenvalue weighted by Gasteiger charge is 2.14. The van der Waals surface area contributed by atoms with Crippen molar-refractivity contribution in [1.82, 2.24) is 5.32 Å². The fraction of sp³-hybridized carbons (Fsp3) is 0.333. The second-order valence-electron chi connectivity index (χ2n) is 4.13. The van der Waals surface area contributed by atoms with Crippen molar-refractivity contribution >= 4 is 17.6 Å². The van der Waals surface area contributed by atoms with Crippen LogP contribution in [-0.2, 0) is 14.3 Å². The molecule has 0 radical (unpaired) electrons. The zero-order valence-electron chi connectivity index (χ0n) is 13.1. The van der Waals surface area contributed by atoms with E-state index in [0.717, 1.165) is 6.08 Å². The zero-order valence-corrected chi connectivity index (χ0v) is 13.1. The first-order valence-corrected chi connectivity index (χ1v) is 6.62. The highest BCUT2D eigenvalue weighted by atomic mass is 16.5. The molecule has 0 atom stereocenters. The summed E-state index contributed by atoms with van der Waals surface area (Å²) < 4.78 is 14.9. The number of carbonyl (C=O) groups is 2. The first-order chi connectivity index (χ1) is 10.5. The molecule has 0 saturated carbocycles. The van der Waals surface area contributed by atoms with Gasteiger partial charge in [-0.1, -0.05) is 0 Å². The summed E-state index contributed by atoms with van der Waals surface area (Å²) in [6.45, 7) is 2.21. The molecule has 2 N–H and O–H groups in total. The van der Waals surface area contributed by atoms with Crippen LogP contribution in [0.15, 0.2) is 30.0 Å². The van der Waals surface area contributed by atoms with Gasteiger partial charge in [0.2, 0.25) is 0 Å². The number of amides is 1. The molecule has 0 bridgehead atoms. The lowest BCUT2D eigenvalue weighted by atomic mass is 10.2. The Balaban J connectivity index is 3.11. The van der Waals surface area contributed by atoms with Gasteiger partial charge in [-0.3, -0.25) is 4.79 Å². The van der Waals surface area contributed by atoms with Crippen LogP contribution in [0, 0.1) is 0 Å². The van der Waals surface area contributed by atoms with Crippen molar-refractivity contribution in [2.75, 3.05) is 33.2 Å². The van der Waals surface area contributed by atoms with E-state index < -0.39 is 11.9 Å². The van der Waals surface area contributed by atoms with E-state index in [9.17, 15) is 9.59 Å². The number of esters is 1. The summed E-state index contributed by atoms with van der Waals surface area (Å²) in [5.74, 6) is 0.0188. The lowest BCUT2D eigenvalue weighted by Crippen LogP contribution is -2.28. The van der Waals surface area contributed by atoms with Crippen LogP contribution in [0.3, 0.4) is 0 Å². The summed E-state index contributed by atoms with van der Waals surface area (Å²) in [5.41, 5.74) is 0.571. The number of likely N-dealkylation sites (N-methyl/N-ethyl adjacent to an activating group) is 1. The molecule has 22 heavy (non-hydrogen) atoms. The number of rotatable bonds is 7. The number of anilines is 1. The van der Waals surface area contributed by atoms with Crippen LogP contribution < -0.4 is 20.1 Å². The van der Waals surface area contributed by atoms with Gasteiger partial charge in [0.1, 0.15) is 17.2 Å². The molecule has 0 saturated heterocycles. The third kappa shape index (κ3) is 4.69. The molecule has 120 valence electrons. The minimum absolute atomic E-state index is 0.0529. The first kappa shape index (κ1) is 17.4. The van der Waals surface area contributed by atoms with Gasteiger partial charge in [0.05, 0.1) is 33.1 Å². The molecular formula is C15H20N2O5. The average molecular weight is 308 g/mol. The minimum atomic E-state index is -0.638. The normalized spacial score (nSPS) is 10.6. The molecule has 0 aliphatic rings. The first-order valence-electron chi connectivity index (χ1n) is 6.62. The quantitative estimate of drug-likeness (QED) is 0.583. The van der Waals surface area contributed by atoms with Crippen molar-refractivity contribution in [3.63, 3.8) is 0 Å². The van der Waals surface area contributed by atoms with E-state index in [-0.39, 0.29) is 5.70 Å². The fourth-order valence-corrected chi connectivity index (χ4v) is 1.64. The molecule has 0 heterocycles. The number of carbonyl (C=O) groups excluding carboxylic acids is 2. The van der Waals surface area contributed by atoms with Gasteiger partial charge in [-0.2, -0.15) is 0 Å². The van der Waals surface area contributed by atoms with Crippen molar-refractivity contribution in [3.05, 3.63) is 30.0 Å². The molecule has 0 fully saturated rings. The monoisotopic (exact) mass is 308 g/mol. The van der Waals surface area contributed by atoms with E-state index in [2.05, 4.69) is 15.4 Å². The van der Waals surface area contributed by atoms with Crippen LogP contribution in [0.4, 0.5) is 5.69 Å². The standard InChI is InChI=1S/C15H20N2O5/c1-5-16-15(19)12(9-14(18)22-4)17-11-7-6-10(20-2)8-13(11)21-3/h6-9,17H,5H2,1-4H3,(H,16,19)/b12-9-. The van der Waals surface area contributed by atoms with Crippen molar-refractivity contribution in [2.24, 2.45) is 0 Å². The van der Waals surface area contributed by atoms with Gasteiger partial charge in [-0.25, -0.2) is 4.79 Å². The molecule has 1 aromatic carbocycles. The maximum absolute atomic E-state index is 12.0. The van der Waals surface area contributed by atoms with E-state index >= 15 is 0 Å². The summed E-state index contributed by atoms with van der Waals surface area (Å²) in [6.07, 6.45) is 1.08. The topological polar surface area (TPSA) is 85.9 Å². The zero-order chi connectivity index (χ0) is 16.5. The lowest BCUT2D eigenvalue weighted by Gasteiger charge is -2.14. The molecule has 0 aliphatic heterocycles. The molecule has 7 heteroatoms. The number of nitrogens with one attached hydrogen (secondary N) is 2. The second kappa shape index (κ2) is 8.56. The Hall–Kier alpha value is -2.70. The molecule has 1 amide bonds. The SMILES string of the molecule is CCNC(=O)/C(=C/C(=O)OC)Nc1ccc(OC)cc1OC. The molecule has 1 aromatic rings. The van der Waals surface area contributed by atoms with Crippen LogP contribution in [0.2, 0.25) is 0 Å². The van der Waals surface area contributed by atoms with Crippen molar-refractivity contribution < 1.29 is 23.8 Å². The lowest BCUT2D eigenvalue weighted by molar-refractivity contribution is -0.135. The van der Waals surface area contributed by atoms with Crippen LogP contribution in [0.1, 0.15) is 6.92 Å². The Morgan fingerprint density at radius 1 is 1.18 bits per heavy atom. The molecule has 0 unspecified atom stereocenters. The van der Waals surface area contributed by atoms with Crippen LogP contribution in [-0.4, -0.2) is 39.8 Å². The second-order valence-corrected chi connectivity index (χ2v) is 4.13. The van der Waals surface area contributed by atoms with Crippen LogP contribution in [0.25, 0.3) is 0 Å². The van der Waals surface area contributed by atoms with Gasteiger partial charge >= 0.3 is 5.97 Å². The van der Waals surface area contributed by atoms with Crippen molar-refractivity contribution in [3.8, 4) is 11.5 Å². The van der Waals surface area contributed by atoms with Crippen LogP contribution in [0.5, 0.6) is 11.5 Å². The Kier molecular flexibility index (Phi) is 6.75. The number of methoxy groups -OCH3 is 3. The number of ether oxygens (including phenoxy) is 3. The smallest absolute Gasteiger partial charge is 0.332 e. The van der Waals surface area contributed by atoms with E-state index in [1.165, 1.54) is 14.2 Å². The predicted octanol–water partition coefficient (Wildman–Crippen LogP) is 1.31. The summed E-state index contributed by atoms with van der Waals surface area (Å²) in [6, 6.07) is 5.05. The highest BCUT2D eigenvalue weighted by Crippen LogP contribution is 2.30.